The Morgan fingerprint density at radius 1 is 1.21 bits per heavy atom. The molecule has 0 aliphatic heterocycles. The average Bonchev–Trinajstić information content (AvgIpc) is 2.39. The van der Waals surface area contributed by atoms with Crippen LogP contribution < -0.4 is 0 Å². The van der Waals surface area contributed by atoms with Gasteiger partial charge in [-0.1, -0.05) is 18.2 Å². The van der Waals surface area contributed by atoms with Gasteiger partial charge in [0.1, 0.15) is 5.94 Å². The highest BCUT2D eigenvalue weighted by Crippen LogP contribution is 2.30. The minimum atomic E-state index is -4.17. The van der Waals surface area contributed by atoms with Gasteiger partial charge in [0, 0.05) is 5.57 Å². The maximum atomic E-state index is 11.3. The van der Waals surface area contributed by atoms with Crippen LogP contribution in [0.4, 0.5) is 0 Å². The summed E-state index contributed by atoms with van der Waals surface area (Å²) in [6.45, 7) is 0. The van der Waals surface area contributed by atoms with Crippen LogP contribution in [0.5, 0.6) is 0 Å². The van der Waals surface area contributed by atoms with E-state index in [0.717, 1.165) is 31.3 Å². The largest absolute Gasteiger partial charge is 0.294 e. The van der Waals surface area contributed by atoms with Gasteiger partial charge in [-0.15, -0.1) is 0 Å². The zero-order chi connectivity index (χ0) is 13.9. The third kappa shape index (κ3) is 3.53. The molecule has 0 saturated heterocycles. The average molecular weight is 280 g/mol. The van der Waals surface area contributed by atoms with E-state index in [9.17, 15) is 17.8 Å². The third-order valence-electron chi connectivity index (χ3n) is 3.61. The second kappa shape index (κ2) is 5.70. The van der Waals surface area contributed by atoms with Crippen LogP contribution in [0, 0.1) is 5.92 Å². The summed E-state index contributed by atoms with van der Waals surface area (Å²) >= 11 is 0. The van der Waals surface area contributed by atoms with Crippen LogP contribution in [0.25, 0.3) is 0 Å². The van der Waals surface area contributed by atoms with E-state index < -0.39 is 10.1 Å². The molecule has 0 heterocycles. The van der Waals surface area contributed by atoms with E-state index >= 15 is 0 Å². The first-order chi connectivity index (χ1) is 9.00. The monoisotopic (exact) mass is 280 g/mol. The van der Waals surface area contributed by atoms with Crippen molar-refractivity contribution in [3.05, 3.63) is 35.4 Å². The molecule has 0 atom stereocenters. The number of allylic oxidation sites excluding steroid dienone is 1. The van der Waals surface area contributed by atoms with Crippen molar-refractivity contribution in [2.24, 2.45) is 5.92 Å². The lowest BCUT2D eigenvalue weighted by Crippen LogP contribution is -2.13. The summed E-state index contributed by atoms with van der Waals surface area (Å²) in [6, 6.07) is 6.52. The van der Waals surface area contributed by atoms with Crippen LogP contribution in [-0.2, 0) is 21.3 Å². The van der Waals surface area contributed by atoms with Crippen LogP contribution >= 0.6 is 0 Å². The molecule has 0 aromatic heterocycles. The Morgan fingerprint density at radius 2 is 1.84 bits per heavy atom. The molecule has 102 valence electrons. The predicted molar refractivity (Wildman–Crippen MR) is 71.1 cm³/mol. The van der Waals surface area contributed by atoms with Crippen molar-refractivity contribution in [3.8, 4) is 0 Å². The molecule has 1 aliphatic rings. The molecular weight excluding hydrogens is 264 g/mol. The molecule has 1 aliphatic carbocycles. The highest BCUT2D eigenvalue weighted by Gasteiger charge is 2.21. The van der Waals surface area contributed by atoms with E-state index in [4.69, 9.17) is 0 Å². The Morgan fingerprint density at radius 3 is 2.42 bits per heavy atom. The van der Waals surface area contributed by atoms with E-state index in [-0.39, 0.29) is 4.90 Å². The molecule has 0 unspecified atom stereocenters. The first kappa shape index (κ1) is 14.0. The van der Waals surface area contributed by atoms with Crippen LogP contribution in [-0.4, -0.2) is 18.9 Å². The molecular formula is C14H16O4S. The van der Waals surface area contributed by atoms with Gasteiger partial charge in [-0.3, -0.25) is 4.55 Å². The van der Waals surface area contributed by atoms with Gasteiger partial charge in [0.25, 0.3) is 10.1 Å². The predicted octanol–water partition coefficient (Wildman–Crippen LogP) is 2.42. The zero-order valence-corrected chi connectivity index (χ0v) is 11.3. The molecule has 1 aromatic rings. The van der Waals surface area contributed by atoms with Crippen LogP contribution in [0.1, 0.15) is 31.2 Å². The van der Waals surface area contributed by atoms with Crippen LogP contribution in [0.2, 0.25) is 0 Å². The number of benzene rings is 1. The van der Waals surface area contributed by atoms with E-state index in [2.05, 4.69) is 0 Å². The molecule has 0 radical (unpaired) electrons. The van der Waals surface area contributed by atoms with Crippen molar-refractivity contribution >= 4 is 16.1 Å². The Hall–Kier alpha value is -1.42. The third-order valence-corrected chi connectivity index (χ3v) is 4.57. The number of hydrogen-bond donors (Lipinski definition) is 1. The molecule has 4 nitrogen and oxygen atoms in total. The summed E-state index contributed by atoms with van der Waals surface area (Å²) in [6.07, 6.45) is 3.82. The standard InChI is InChI=1S/C14H16O4S/c15-10-12-7-5-11(6-8-12)9-13-3-1-2-4-14(13)19(16,17)18/h1-4,11H,5-9H2,(H,16,17,18). The summed E-state index contributed by atoms with van der Waals surface area (Å²) in [5.41, 5.74) is 1.47. The Balaban J connectivity index is 2.15. The number of rotatable bonds is 3. The van der Waals surface area contributed by atoms with Gasteiger partial charge in [-0.05, 0) is 49.7 Å². The van der Waals surface area contributed by atoms with Crippen LogP contribution in [0.3, 0.4) is 0 Å². The Bertz CT molecular complexity index is 602. The highest BCUT2D eigenvalue weighted by atomic mass is 32.2. The normalized spacial score (nSPS) is 20.1. The summed E-state index contributed by atoms with van der Waals surface area (Å²) in [7, 11) is -4.17. The van der Waals surface area contributed by atoms with Crippen molar-refractivity contribution in [1.29, 1.82) is 0 Å². The summed E-state index contributed by atoms with van der Waals surface area (Å²) in [5.74, 6) is 2.30. The van der Waals surface area contributed by atoms with Gasteiger partial charge >= 0.3 is 0 Å². The smallest absolute Gasteiger partial charge is 0.282 e. The first-order valence-electron chi connectivity index (χ1n) is 6.29. The maximum absolute atomic E-state index is 11.3. The molecule has 1 aromatic carbocycles. The van der Waals surface area contributed by atoms with Crippen molar-refractivity contribution < 1.29 is 17.8 Å². The molecule has 1 fully saturated rings. The number of hydrogen-bond acceptors (Lipinski definition) is 3. The van der Waals surface area contributed by atoms with Crippen molar-refractivity contribution in [3.63, 3.8) is 0 Å². The van der Waals surface area contributed by atoms with Crippen molar-refractivity contribution in [1.82, 2.24) is 0 Å². The molecule has 0 spiro atoms. The van der Waals surface area contributed by atoms with E-state index in [1.807, 2.05) is 5.94 Å². The number of carbonyl (C=O) groups excluding carboxylic acids is 1. The Kier molecular flexibility index (Phi) is 4.20. The van der Waals surface area contributed by atoms with Crippen LogP contribution in [0.15, 0.2) is 34.7 Å². The van der Waals surface area contributed by atoms with Gasteiger partial charge in [0.15, 0.2) is 0 Å². The lowest BCUT2D eigenvalue weighted by atomic mass is 9.83. The SMILES string of the molecule is O=C=C1CCC(Cc2ccccc2S(=O)(=O)O)CC1. The zero-order valence-electron chi connectivity index (χ0n) is 10.5. The lowest BCUT2D eigenvalue weighted by molar-refractivity contribution is 0.403. The maximum Gasteiger partial charge on any atom is 0.294 e. The quantitative estimate of drug-likeness (QED) is 0.682. The molecule has 0 amide bonds. The van der Waals surface area contributed by atoms with Crippen molar-refractivity contribution in [2.75, 3.05) is 0 Å². The summed E-state index contributed by atoms with van der Waals surface area (Å²) in [4.78, 5) is 10.5. The molecule has 1 saturated carbocycles. The first-order valence-corrected chi connectivity index (χ1v) is 7.73. The molecule has 19 heavy (non-hydrogen) atoms. The lowest BCUT2D eigenvalue weighted by Gasteiger charge is -2.22. The highest BCUT2D eigenvalue weighted by molar-refractivity contribution is 7.85. The minimum absolute atomic E-state index is 0.00766. The molecule has 5 heteroatoms. The molecule has 1 N–H and O–H groups in total. The fourth-order valence-electron chi connectivity index (χ4n) is 2.57. The topological polar surface area (TPSA) is 71.4 Å². The van der Waals surface area contributed by atoms with Gasteiger partial charge in [0.05, 0.1) is 4.90 Å². The van der Waals surface area contributed by atoms with Gasteiger partial charge < -0.3 is 0 Å². The van der Waals surface area contributed by atoms with E-state index in [0.29, 0.717) is 17.9 Å². The second-order valence-corrected chi connectivity index (χ2v) is 6.33. The molecule has 2 rings (SSSR count). The van der Waals surface area contributed by atoms with E-state index in [1.165, 1.54) is 6.07 Å². The fraction of sp³-hybridized carbons (Fsp3) is 0.429. The second-order valence-electron chi connectivity index (χ2n) is 4.94. The van der Waals surface area contributed by atoms with Gasteiger partial charge in [-0.25, -0.2) is 4.79 Å². The van der Waals surface area contributed by atoms with Gasteiger partial charge in [-0.2, -0.15) is 8.42 Å². The Labute approximate surface area is 112 Å². The minimum Gasteiger partial charge on any atom is -0.282 e. The summed E-state index contributed by atoms with van der Waals surface area (Å²) < 4.78 is 31.8. The fourth-order valence-corrected chi connectivity index (χ4v) is 3.30. The summed E-state index contributed by atoms with van der Waals surface area (Å²) in [5, 5.41) is 0. The molecule has 0 bridgehead atoms. The van der Waals surface area contributed by atoms with Gasteiger partial charge in [0.2, 0.25) is 0 Å². The van der Waals surface area contributed by atoms with E-state index in [1.54, 1.807) is 18.2 Å². The van der Waals surface area contributed by atoms with Crippen molar-refractivity contribution in [2.45, 2.75) is 37.0 Å².